The van der Waals surface area contributed by atoms with Crippen molar-refractivity contribution >= 4 is 20.2 Å². The smallest absolute Gasteiger partial charge is 0.294 e. The second-order valence-electron chi connectivity index (χ2n) is 6.13. The van der Waals surface area contributed by atoms with E-state index in [0.717, 1.165) is 11.1 Å². The molecule has 0 bridgehead atoms. The first kappa shape index (κ1) is 29.3. The first-order valence-electron chi connectivity index (χ1n) is 9.17. The van der Waals surface area contributed by atoms with Gasteiger partial charge in [-0.05, 0) is 50.0 Å². The molecule has 0 radical (unpaired) electrons. The van der Waals surface area contributed by atoms with E-state index in [1.807, 2.05) is 13.8 Å². The van der Waals surface area contributed by atoms with Gasteiger partial charge >= 0.3 is 0 Å². The average Bonchev–Trinajstić information content (AvgIpc) is 2.71. The van der Waals surface area contributed by atoms with Crippen molar-refractivity contribution in [3.8, 4) is 23.7 Å². The topological polar surface area (TPSA) is 149 Å². The fourth-order valence-electron chi connectivity index (χ4n) is 1.75. The Labute approximate surface area is 189 Å². The Balaban J connectivity index is 0.000000452. The Morgan fingerprint density at radius 3 is 1.12 bits per heavy atom. The summed E-state index contributed by atoms with van der Waals surface area (Å²) in [5.41, 5.74) is 1.91. The van der Waals surface area contributed by atoms with Gasteiger partial charge in [-0.15, -0.1) is 0 Å². The van der Waals surface area contributed by atoms with Gasteiger partial charge in [-0.1, -0.05) is 47.2 Å². The monoisotopic (exact) mass is 482 g/mol. The molecule has 0 aromatic heterocycles. The molecular weight excluding hydrogens is 456 g/mol. The van der Waals surface area contributed by atoms with Crippen molar-refractivity contribution in [2.24, 2.45) is 0 Å². The van der Waals surface area contributed by atoms with Crippen molar-refractivity contribution in [1.29, 1.82) is 0 Å². The molecule has 0 saturated heterocycles. The molecule has 0 aliphatic heterocycles. The number of aryl methyl sites for hydroxylation is 2. The molecule has 0 aliphatic carbocycles. The Morgan fingerprint density at radius 2 is 0.906 bits per heavy atom. The Hall–Kier alpha value is -2.70. The van der Waals surface area contributed by atoms with Crippen LogP contribution in [0.2, 0.25) is 0 Å². The van der Waals surface area contributed by atoms with Crippen molar-refractivity contribution in [3.63, 3.8) is 0 Å². The normalized spacial score (nSPS) is 10.1. The van der Waals surface area contributed by atoms with Crippen LogP contribution in [0.5, 0.6) is 0 Å². The second-order valence-corrected chi connectivity index (χ2v) is 8.97. The van der Waals surface area contributed by atoms with E-state index in [0.29, 0.717) is 12.8 Å². The molecule has 0 atom stereocenters. The summed E-state index contributed by atoms with van der Waals surface area (Å²) in [5.74, 6) is 10.4. The van der Waals surface area contributed by atoms with Gasteiger partial charge in [-0.3, -0.25) is 9.11 Å². The molecule has 2 rings (SSSR count). The number of benzene rings is 2. The van der Waals surface area contributed by atoms with E-state index in [-0.39, 0.29) is 23.0 Å². The summed E-state index contributed by atoms with van der Waals surface area (Å²) in [6, 6.07) is 12.0. The highest BCUT2D eigenvalue weighted by Crippen LogP contribution is 2.09. The third-order valence-electron chi connectivity index (χ3n) is 3.35. The van der Waals surface area contributed by atoms with Crippen LogP contribution in [0.1, 0.15) is 24.0 Å². The Bertz CT molecular complexity index is 1050. The molecule has 0 fully saturated rings. The van der Waals surface area contributed by atoms with Crippen molar-refractivity contribution in [3.05, 3.63) is 59.7 Å². The highest BCUT2D eigenvalue weighted by atomic mass is 32.2. The summed E-state index contributed by atoms with van der Waals surface area (Å²) < 4.78 is 59.1. The highest BCUT2D eigenvalue weighted by Gasteiger charge is 2.07. The average molecular weight is 483 g/mol. The SMILES string of the molecule is Cc1ccc(S(=O)(=O)O)cc1.Cc1ccc(S(=O)(=O)O)cc1.OCCC#CC#CCCO. The summed E-state index contributed by atoms with van der Waals surface area (Å²) >= 11 is 0. The zero-order valence-corrected chi connectivity index (χ0v) is 19.3. The third kappa shape index (κ3) is 14.3. The first-order chi connectivity index (χ1) is 14.9. The lowest BCUT2D eigenvalue weighted by Gasteiger charge is -1.95. The third-order valence-corrected chi connectivity index (χ3v) is 5.09. The zero-order chi connectivity index (χ0) is 24.6. The molecule has 2 aromatic rings. The van der Waals surface area contributed by atoms with Crippen LogP contribution < -0.4 is 0 Å². The molecule has 10 heteroatoms. The molecule has 0 amide bonds. The van der Waals surface area contributed by atoms with E-state index in [1.165, 1.54) is 24.3 Å². The summed E-state index contributed by atoms with van der Waals surface area (Å²) in [6.07, 6.45) is 0.932. The van der Waals surface area contributed by atoms with E-state index in [4.69, 9.17) is 19.3 Å². The summed E-state index contributed by atoms with van der Waals surface area (Å²) in [7, 11) is -8.04. The summed E-state index contributed by atoms with van der Waals surface area (Å²) in [6.45, 7) is 3.84. The maximum absolute atomic E-state index is 10.5. The van der Waals surface area contributed by atoms with Crippen molar-refractivity contribution in [2.45, 2.75) is 36.5 Å². The fourth-order valence-corrected chi connectivity index (χ4v) is 2.71. The molecule has 0 aliphatic rings. The van der Waals surface area contributed by atoms with Gasteiger partial charge in [0.15, 0.2) is 0 Å². The van der Waals surface area contributed by atoms with Gasteiger partial charge in [-0.25, -0.2) is 0 Å². The number of aliphatic hydroxyl groups is 2. The lowest BCUT2D eigenvalue weighted by Crippen LogP contribution is -1.96. The number of aliphatic hydroxyl groups excluding tert-OH is 2. The largest absolute Gasteiger partial charge is 0.395 e. The van der Waals surface area contributed by atoms with Crippen LogP contribution in [0.15, 0.2) is 58.3 Å². The van der Waals surface area contributed by atoms with Crippen LogP contribution in [0, 0.1) is 37.5 Å². The van der Waals surface area contributed by atoms with E-state index in [1.54, 1.807) is 24.3 Å². The number of hydrogen-bond donors (Lipinski definition) is 4. The molecule has 0 saturated carbocycles. The number of hydrogen-bond acceptors (Lipinski definition) is 6. The van der Waals surface area contributed by atoms with Gasteiger partial charge in [-0.2, -0.15) is 16.8 Å². The van der Waals surface area contributed by atoms with Gasteiger partial charge < -0.3 is 10.2 Å². The summed E-state index contributed by atoms with van der Waals surface area (Å²) in [4.78, 5) is -0.133. The Morgan fingerprint density at radius 1 is 0.625 bits per heavy atom. The van der Waals surface area contributed by atoms with Gasteiger partial charge in [0.05, 0.1) is 23.0 Å². The van der Waals surface area contributed by atoms with Crippen LogP contribution in [0.3, 0.4) is 0 Å². The van der Waals surface area contributed by atoms with Crippen LogP contribution >= 0.6 is 0 Å². The minimum Gasteiger partial charge on any atom is -0.395 e. The van der Waals surface area contributed by atoms with Crippen molar-refractivity contribution in [1.82, 2.24) is 0 Å². The quantitative estimate of drug-likeness (QED) is 0.383. The van der Waals surface area contributed by atoms with Gasteiger partial charge in [0, 0.05) is 12.8 Å². The molecule has 0 spiro atoms. The second kappa shape index (κ2) is 15.2. The van der Waals surface area contributed by atoms with Crippen LogP contribution in [0.4, 0.5) is 0 Å². The van der Waals surface area contributed by atoms with Gasteiger partial charge in [0.2, 0.25) is 0 Å². The lowest BCUT2D eigenvalue weighted by atomic mass is 10.2. The van der Waals surface area contributed by atoms with E-state index >= 15 is 0 Å². The fraction of sp³-hybridized carbons (Fsp3) is 0.273. The summed E-state index contributed by atoms with van der Waals surface area (Å²) in [5, 5.41) is 16.6. The van der Waals surface area contributed by atoms with Crippen LogP contribution in [0.25, 0.3) is 0 Å². The lowest BCUT2D eigenvalue weighted by molar-refractivity contribution is 0.304. The van der Waals surface area contributed by atoms with Crippen molar-refractivity contribution in [2.75, 3.05) is 13.2 Å². The highest BCUT2D eigenvalue weighted by molar-refractivity contribution is 7.86. The maximum atomic E-state index is 10.5. The standard InChI is InChI=1S/C8H10O2.2C7H8O3S/c9-7-5-3-1-2-4-6-8-10;2*1-6-2-4-7(5-3-6)11(8,9)10/h9-10H,5-8H2;2*2-5H,1H3,(H,8,9,10). The molecule has 8 nitrogen and oxygen atoms in total. The van der Waals surface area contributed by atoms with E-state index in [9.17, 15) is 16.8 Å². The molecular formula is C22H26O8S2. The molecule has 4 N–H and O–H groups in total. The van der Waals surface area contributed by atoms with Gasteiger partial charge in [0.25, 0.3) is 20.2 Å². The predicted molar refractivity (Wildman–Crippen MR) is 121 cm³/mol. The van der Waals surface area contributed by atoms with Crippen LogP contribution in [-0.2, 0) is 20.2 Å². The van der Waals surface area contributed by atoms with E-state index < -0.39 is 20.2 Å². The zero-order valence-electron chi connectivity index (χ0n) is 17.7. The van der Waals surface area contributed by atoms with Crippen LogP contribution in [-0.4, -0.2) is 49.4 Å². The Kier molecular flexibility index (Phi) is 13.9. The number of rotatable bonds is 4. The molecule has 0 heterocycles. The minimum absolute atomic E-state index is 0.0666. The minimum atomic E-state index is -4.02. The molecule has 2 aromatic carbocycles. The van der Waals surface area contributed by atoms with Crippen molar-refractivity contribution < 1.29 is 36.2 Å². The molecule has 0 unspecified atom stereocenters. The first-order valence-corrected chi connectivity index (χ1v) is 12.1. The van der Waals surface area contributed by atoms with Gasteiger partial charge in [0.1, 0.15) is 0 Å². The molecule has 32 heavy (non-hydrogen) atoms. The maximum Gasteiger partial charge on any atom is 0.294 e. The predicted octanol–water partition coefficient (Wildman–Crippen LogP) is 2.24. The molecule has 174 valence electrons. The van der Waals surface area contributed by atoms with E-state index in [2.05, 4.69) is 23.7 Å².